The summed E-state index contributed by atoms with van der Waals surface area (Å²) < 4.78 is 18.2. The molecule has 9 heteroatoms. The number of carbonyl (C=O) groups excluding carboxylic acids is 1. The SMILES string of the molecule is COc1ccc2c3c1O[C@H]1C(OC(=O)c4ccccc4)=CC[C@H]4[C@@H](C2)N(C)CC[C@]314.O=C(O)C(=O)O. The molecule has 0 saturated carbocycles. The Bertz CT molecular complexity index is 1240. The average Bonchev–Trinajstić information content (AvgIpc) is 3.23. The van der Waals surface area contributed by atoms with Gasteiger partial charge in [0.25, 0.3) is 0 Å². The van der Waals surface area contributed by atoms with E-state index in [1.165, 1.54) is 11.1 Å². The van der Waals surface area contributed by atoms with Crippen LogP contribution in [0.15, 0.2) is 54.3 Å². The van der Waals surface area contributed by atoms with E-state index >= 15 is 0 Å². The average molecular weight is 494 g/mol. The van der Waals surface area contributed by atoms with Crippen LogP contribution >= 0.6 is 0 Å². The Labute approximate surface area is 207 Å². The zero-order chi connectivity index (χ0) is 25.6. The second kappa shape index (κ2) is 8.98. The second-order valence-electron chi connectivity index (χ2n) is 9.49. The molecule has 0 unspecified atom stereocenters. The van der Waals surface area contributed by atoms with Crippen LogP contribution in [0.3, 0.4) is 0 Å². The van der Waals surface area contributed by atoms with Gasteiger partial charge in [-0.1, -0.05) is 24.3 Å². The first-order valence-electron chi connectivity index (χ1n) is 11.8. The molecule has 36 heavy (non-hydrogen) atoms. The summed E-state index contributed by atoms with van der Waals surface area (Å²) in [6.45, 7) is 1.01. The number of carboxylic acids is 2. The molecule has 4 atom stereocenters. The van der Waals surface area contributed by atoms with Gasteiger partial charge in [-0.15, -0.1) is 0 Å². The monoisotopic (exact) mass is 493 g/mol. The number of hydrogen-bond donors (Lipinski definition) is 2. The molecule has 6 rings (SSSR count). The molecule has 2 aromatic carbocycles. The Kier molecular flexibility index (Phi) is 5.96. The third-order valence-corrected chi connectivity index (χ3v) is 7.83. The standard InChI is InChI=1S/C25H25NO4.C2H2O4/c1-26-13-12-25-17-9-11-20(29-24(27)15-6-4-3-5-7-15)23(25)30-22-19(28-2)10-8-16(21(22)25)14-18(17)26;3-1(4)2(5)6/h3-8,10-11,17-18,23H,9,12-14H2,1-2H3;(H,3,4)(H,5,6)/t17-,18+,23-,25-;/m0./s1. The fraction of sp³-hybridized carbons (Fsp3) is 0.370. The van der Waals surface area contributed by atoms with Crippen LogP contribution in [-0.4, -0.2) is 65.9 Å². The smallest absolute Gasteiger partial charge is 0.414 e. The van der Waals surface area contributed by atoms with Crippen LogP contribution in [0.5, 0.6) is 11.5 Å². The number of carbonyl (C=O) groups is 3. The first-order chi connectivity index (χ1) is 17.3. The van der Waals surface area contributed by atoms with Crippen molar-refractivity contribution in [2.24, 2.45) is 5.92 Å². The van der Waals surface area contributed by atoms with Crippen molar-refractivity contribution in [1.82, 2.24) is 4.90 Å². The number of piperidine rings is 1. The van der Waals surface area contributed by atoms with Gasteiger partial charge in [0.1, 0.15) is 5.76 Å². The predicted molar refractivity (Wildman–Crippen MR) is 127 cm³/mol. The van der Waals surface area contributed by atoms with Crippen molar-refractivity contribution >= 4 is 17.9 Å². The summed E-state index contributed by atoms with van der Waals surface area (Å²) in [7, 11) is 3.91. The molecule has 0 radical (unpaired) electrons. The Balaban J connectivity index is 0.000000400. The minimum Gasteiger partial charge on any atom is -0.493 e. The number of benzene rings is 2. The normalized spacial score (nSPS) is 26.8. The zero-order valence-corrected chi connectivity index (χ0v) is 20.0. The summed E-state index contributed by atoms with van der Waals surface area (Å²) in [5, 5.41) is 14.8. The Morgan fingerprint density at radius 1 is 1.08 bits per heavy atom. The summed E-state index contributed by atoms with van der Waals surface area (Å²) in [5.74, 6) is -1.27. The van der Waals surface area contributed by atoms with Crippen LogP contribution in [0.2, 0.25) is 0 Å². The first-order valence-corrected chi connectivity index (χ1v) is 11.8. The van der Waals surface area contributed by atoms with Crippen molar-refractivity contribution in [1.29, 1.82) is 0 Å². The van der Waals surface area contributed by atoms with Crippen molar-refractivity contribution < 1.29 is 38.8 Å². The lowest BCUT2D eigenvalue weighted by Crippen LogP contribution is -2.63. The molecular formula is C27H27NO8. The number of carboxylic acid groups (broad SMARTS) is 2. The van der Waals surface area contributed by atoms with Gasteiger partial charge in [-0.25, -0.2) is 14.4 Å². The number of methoxy groups -OCH3 is 1. The number of likely N-dealkylation sites (tertiary alicyclic amines) is 1. The van der Waals surface area contributed by atoms with E-state index in [4.69, 9.17) is 34.0 Å². The lowest BCUT2D eigenvalue weighted by molar-refractivity contribution is -0.159. The molecule has 0 aromatic heterocycles. The van der Waals surface area contributed by atoms with E-state index in [0.29, 0.717) is 23.3 Å². The number of esters is 1. The highest BCUT2D eigenvalue weighted by molar-refractivity contribution is 6.27. The summed E-state index contributed by atoms with van der Waals surface area (Å²) in [5.41, 5.74) is 3.03. The molecule has 2 heterocycles. The topological polar surface area (TPSA) is 123 Å². The molecule has 1 spiro atoms. The van der Waals surface area contributed by atoms with Gasteiger partial charge in [-0.2, -0.15) is 0 Å². The fourth-order valence-electron chi connectivity index (χ4n) is 6.30. The minimum atomic E-state index is -1.82. The molecule has 2 bridgehead atoms. The molecular weight excluding hydrogens is 466 g/mol. The maximum absolute atomic E-state index is 12.8. The Morgan fingerprint density at radius 3 is 2.47 bits per heavy atom. The van der Waals surface area contributed by atoms with Crippen LogP contribution in [0, 0.1) is 5.92 Å². The Hall–Kier alpha value is -3.85. The molecule has 4 aliphatic rings. The first kappa shape index (κ1) is 23.9. The molecule has 9 nitrogen and oxygen atoms in total. The van der Waals surface area contributed by atoms with E-state index in [0.717, 1.165) is 37.3 Å². The van der Waals surface area contributed by atoms with Crippen molar-refractivity contribution in [3.05, 3.63) is 71.0 Å². The highest BCUT2D eigenvalue weighted by Gasteiger charge is 2.64. The molecule has 2 aliphatic carbocycles. The molecule has 1 saturated heterocycles. The number of allylic oxidation sites excluding steroid dienone is 1. The van der Waals surface area contributed by atoms with E-state index < -0.39 is 11.9 Å². The van der Waals surface area contributed by atoms with Crippen LogP contribution in [0.25, 0.3) is 0 Å². The van der Waals surface area contributed by atoms with Gasteiger partial charge in [0.05, 0.1) is 12.7 Å². The van der Waals surface area contributed by atoms with Gasteiger partial charge in [0, 0.05) is 17.0 Å². The van der Waals surface area contributed by atoms with Crippen molar-refractivity contribution in [3.8, 4) is 11.5 Å². The van der Waals surface area contributed by atoms with Crippen molar-refractivity contribution in [2.75, 3.05) is 20.7 Å². The summed E-state index contributed by atoms with van der Waals surface area (Å²) >= 11 is 0. The van der Waals surface area contributed by atoms with Gasteiger partial charge in [-0.05, 0) is 68.6 Å². The van der Waals surface area contributed by atoms with Gasteiger partial charge in [-0.3, -0.25) is 0 Å². The highest BCUT2D eigenvalue weighted by atomic mass is 16.6. The number of aliphatic carboxylic acids is 2. The molecule has 2 N–H and O–H groups in total. The Morgan fingerprint density at radius 2 is 1.81 bits per heavy atom. The van der Waals surface area contributed by atoms with E-state index in [1.807, 2.05) is 24.3 Å². The summed E-state index contributed by atoms with van der Waals surface area (Å²) in [6, 6.07) is 13.8. The number of rotatable bonds is 3. The number of nitrogens with zero attached hydrogens (tertiary/aromatic N) is 1. The van der Waals surface area contributed by atoms with Crippen molar-refractivity contribution in [3.63, 3.8) is 0 Å². The lowest BCUT2D eigenvalue weighted by atomic mass is 9.53. The summed E-state index contributed by atoms with van der Waals surface area (Å²) in [4.78, 5) is 33.5. The highest BCUT2D eigenvalue weighted by Crippen LogP contribution is 2.63. The van der Waals surface area contributed by atoms with Crippen LogP contribution in [0.4, 0.5) is 0 Å². The zero-order valence-electron chi connectivity index (χ0n) is 20.0. The van der Waals surface area contributed by atoms with Gasteiger partial charge >= 0.3 is 17.9 Å². The third kappa shape index (κ3) is 3.62. The van der Waals surface area contributed by atoms with Gasteiger partial charge < -0.3 is 29.3 Å². The van der Waals surface area contributed by atoms with Gasteiger partial charge in [0.15, 0.2) is 17.6 Å². The fourth-order valence-corrected chi connectivity index (χ4v) is 6.30. The third-order valence-electron chi connectivity index (χ3n) is 7.83. The van der Waals surface area contributed by atoms with E-state index in [2.05, 4.69) is 24.1 Å². The second-order valence-corrected chi connectivity index (χ2v) is 9.49. The quantitative estimate of drug-likeness (QED) is 0.491. The van der Waals surface area contributed by atoms with Gasteiger partial charge in [0.2, 0.25) is 0 Å². The van der Waals surface area contributed by atoms with Crippen LogP contribution in [0.1, 0.15) is 34.3 Å². The largest absolute Gasteiger partial charge is 0.493 e. The van der Waals surface area contributed by atoms with Crippen LogP contribution < -0.4 is 9.47 Å². The van der Waals surface area contributed by atoms with Crippen molar-refractivity contribution in [2.45, 2.75) is 36.8 Å². The predicted octanol–water partition coefficient (Wildman–Crippen LogP) is 2.87. The lowest BCUT2D eigenvalue weighted by Gasteiger charge is -2.56. The molecule has 0 amide bonds. The number of hydrogen-bond acceptors (Lipinski definition) is 7. The number of ether oxygens (including phenoxy) is 3. The molecule has 2 aromatic rings. The van der Waals surface area contributed by atoms with Crippen LogP contribution in [-0.2, 0) is 26.2 Å². The molecule has 1 fully saturated rings. The van der Waals surface area contributed by atoms with E-state index in [9.17, 15) is 4.79 Å². The molecule has 2 aliphatic heterocycles. The maximum Gasteiger partial charge on any atom is 0.414 e. The minimum absolute atomic E-state index is 0.157. The maximum atomic E-state index is 12.8. The van der Waals surface area contributed by atoms with E-state index in [-0.39, 0.29) is 17.5 Å². The van der Waals surface area contributed by atoms with E-state index in [1.54, 1.807) is 19.2 Å². The summed E-state index contributed by atoms with van der Waals surface area (Å²) in [6.07, 6.45) is 4.71. The number of likely N-dealkylation sites (N-methyl/N-ethyl adjacent to an activating group) is 1. The molecule has 188 valence electrons.